The van der Waals surface area contributed by atoms with Crippen LogP contribution in [0, 0.1) is 29.5 Å². The Morgan fingerprint density at radius 1 is 1.17 bits per heavy atom. The van der Waals surface area contributed by atoms with Crippen molar-refractivity contribution in [3.05, 3.63) is 34.6 Å². The molecule has 2 fully saturated rings. The van der Waals surface area contributed by atoms with Crippen LogP contribution in [0.3, 0.4) is 0 Å². The normalized spacial score (nSPS) is 24.5. The third kappa shape index (κ3) is 5.82. The van der Waals surface area contributed by atoms with Crippen molar-refractivity contribution in [2.75, 3.05) is 19.6 Å². The number of carbonyl (C=O) groups excluding carboxylic acids is 2. The zero-order valence-corrected chi connectivity index (χ0v) is 18.7. The summed E-state index contributed by atoms with van der Waals surface area (Å²) < 4.78 is 13.2. The van der Waals surface area contributed by atoms with Crippen molar-refractivity contribution in [1.82, 2.24) is 4.90 Å². The molecule has 1 aromatic carbocycles. The molecule has 1 atom stereocenters. The molecule has 0 radical (unpaired) electrons. The minimum absolute atomic E-state index is 0.0283. The zero-order chi connectivity index (χ0) is 21.7. The Balaban J connectivity index is 1.39. The summed E-state index contributed by atoms with van der Waals surface area (Å²) in [5, 5.41) is 0.208. The Morgan fingerprint density at radius 3 is 2.40 bits per heavy atom. The lowest BCUT2D eigenvalue weighted by atomic mass is 9.74. The molecule has 1 unspecified atom stereocenters. The minimum Gasteiger partial charge on any atom is -0.369 e. The highest BCUT2D eigenvalue weighted by Gasteiger charge is 2.31. The summed E-state index contributed by atoms with van der Waals surface area (Å²) >= 11 is 6.07. The summed E-state index contributed by atoms with van der Waals surface area (Å²) in [7, 11) is 0. The van der Waals surface area contributed by atoms with Crippen molar-refractivity contribution in [3.8, 4) is 0 Å². The van der Waals surface area contributed by atoms with Crippen molar-refractivity contribution in [3.63, 3.8) is 0 Å². The molecule has 0 spiro atoms. The number of ketones is 1. The topological polar surface area (TPSA) is 63.4 Å². The Labute approximate surface area is 184 Å². The average Bonchev–Trinajstić information content (AvgIpc) is 2.73. The molecule has 4 nitrogen and oxygen atoms in total. The summed E-state index contributed by atoms with van der Waals surface area (Å²) in [5.74, 6) is 0.683. The van der Waals surface area contributed by atoms with Crippen LogP contribution in [0.1, 0.15) is 68.6 Å². The van der Waals surface area contributed by atoms with Gasteiger partial charge in [0, 0.05) is 17.4 Å². The van der Waals surface area contributed by atoms with Crippen LogP contribution in [-0.4, -0.2) is 36.2 Å². The van der Waals surface area contributed by atoms with E-state index in [9.17, 15) is 14.0 Å². The van der Waals surface area contributed by atoms with Crippen LogP contribution in [0.5, 0.6) is 0 Å². The molecule has 3 rings (SSSR count). The second-order valence-electron chi connectivity index (χ2n) is 9.09. The Morgan fingerprint density at radius 2 is 1.83 bits per heavy atom. The summed E-state index contributed by atoms with van der Waals surface area (Å²) in [6.07, 6.45) is 8.29. The van der Waals surface area contributed by atoms with Gasteiger partial charge in [-0.25, -0.2) is 4.39 Å². The minimum atomic E-state index is -0.416. The van der Waals surface area contributed by atoms with E-state index in [-0.39, 0.29) is 28.5 Å². The zero-order valence-electron chi connectivity index (χ0n) is 17.9. The number of halogens is 2. The van der Waals surface area contributed by atoms with Gasteiger partial charge in [-0.3, -0.25) is 9.59 Å². The highest BCUT2D eigenvalue weighted by molar-refractivity contribution is 6.34. The van der Waals surface area contributed by atoms with Crippen LogP contribution in [0.15, 0.2) is 18.2 Å². The van der Waals surface area contributed by atoms with Crippen LogP contribution >= 0.6 is 11.6 Å². The van der Waals surface area contributed by atoms with Gasteiger partial charge in [0.05, 0.1) is 5.02 Å². The number of benzene rings is 1. The molecule has 6 heteroatoms. The number of rotatable bonds is 8. The molecule has 0 aromatic heterocycles. The quantitative estimate of drug-likeness (QED) is 0.578. The highest BCUT2D eigenvalue weighted by Crippen LogP contribution is 2.36. The molecule has 2 N–H and O–H groups in total. The van der Waals surface area contributed by atoms with Gasteiger partial charge in [0.2, 0.25) is 5.91 Å². The van der Waals surface area contributed by atoms with Crippen LogP contribution in [-0.2, 0) is 4.79 Å². The standard InChI is InChI=1S/C24H34ClFN2O2/c1-2-20(24(27)30)17-5-3-16(4-6-17)9-12-28-13-10-18(11-14-28)23(29)21-8-7-19(26)15-22(21)25/h7-8,15-18,20H,2-6,9-14H2,1H3,(H2,27,30). The molecular weight excluding hydrogens is 403 g/mol. The first-order valence-corrected chi connectivity index (χ1v) is 11.8. The largest absolute Gasteiger partial charge is 0.369 e. The molecule has 30 heavy (non-hydrogen) atoms. The first-order chi connectivity index (χ1) is 14.4. The van der Waals surface area contributed by atoms with E-state index < -0.39 is 5.82 Å². The molecule has 1 amide bonds. The van der Waals surface area contributed by atoms with Crippen molar-refractivity contribution in [1.29, 1.82) is 0 Å². The van der Waals surface area contributed by atoms with E-state index in [0.717, 1.165) is 57.7 Å². The smallest absolute Gasteiger partial charge is 0.220 e. The van der Waals surface area contributed by atoms with Crippen molar-refractivity contribution in [2.24, 2.45) is 29.4 Å². The molecule has 1 aliphatic carbocycles. The van der Waals surface area contributed by atoms with Gasteiger partial charge in [-0.2, -0.15) is 0 Å². The van der Waals surface area contributed by atoms with Gasteiger partial charge >= 0.3 is 0 Å². The Kier molecular flexibility index (Phi) is 8.29. The monoisotopic (exact) mass is 436 g/mol. The maximum Gasteiger partial charge on any atom is 0.220 e. The molecule has 1 heterocycles. The molecule has 0 bridgehead atoms. The molecular formula is C24H34ClFN2O2. The van der Waals surface area contributed by atoms with Gasteiger partial charge in [0.25, 0.3) is 0 Å². The fraction of sp³-hybridized carbons (Fsp3) is 0.667. The molecule has 2 aliphatic rings. The second kappa shape index (κ2) is 10.7. The number of hydrogen-bond donors (Lipinski definition) is 1. The van der Waals surface area contributed by atoms with Crippen LogP contribution in [0.2, 0.25) is 5.02 Å². The predicted molar refractivity (Wildman–Crippen MR) is 118 cm³/mol. The van der Waals surface area contributed by atoms with Crippen LogP contribution in [0.25, 0.3) is 0 Å². The summed E-state index contributed by atoms with van der Waals surface area (Å²) in [5.41, 5.74) is 6.00. The fourth-order valence-electron chi connectivity index (χ4n) is 5.34. The van der Waals surface area contributed by atoms with E-state index in [1.807, 2.05) is 0 Å². The van der Waals surface area contributed by atoms with E-state index in [4.69, 9.17) is 17.3 Å². The van der Waals surface area contributed by atoms with Gasteiger partial charge in [-0.15, -0.1) is 0 Å². The van der Waals surface area contributed by atoms with Gasteiger partial charge in [0.15, 0.2) is 5.78 Å². The van der Waals surface area contributed by atoms with Gasteiger partial charge < -0.3 is 10.6 Å². The third-order valence-electron chi connectivity index (χ3n) is 7.27. The van der Waals surface area contributed by atoms with E-state index in [1.54, 1.807) is 0 Å². The SMILES string of the molecule is CCC(C(N)=O)C1CCC(CCN2CCC(C(=O)c3ccc(F)cc3Cl)CC2)CC1. The Hall–Kier alpha value is -1.46. The third-order valence-corrected chi connectivity index (χ3v) is 7.59. The number of amides is 1. The van der Waals surface area contributed by atoms with Crippen LogP contribution in [0.4, 0.5) is 4.39 Å². The number of piperidine rings is 1. The van der Waals surface area contributed by atoms with E-state index in [1.165, 1.54) is 37.5 Å². The first kappa shape index (κ1) is 23.2. The lowest BCUT2D eigenvalue weighted by Gasteiger charge is -2.35. The maximum absolute atomic E-state index is 13.2. The van der Waals surface area contributed by atoms with Gasteiger partial charge in [-0.05, 0) is 88.2 Å². The van der Waals surface area contributed by atoms with Crippen LogP contribution < -0.4 is 5.73 Å². The van der Waals surface area contributed by atoms with E-state index >= 15 is 0 Å². The number of Topliss-reactive ketones (excluding diaryl/α,β-unsaturated/α-hetero) is 1. The molecule has 1 aromatic rings. The fourth-order valence-corrected chi connectivity index (χ4v) is 5.60. The second-order valence-corrected chi connectivity index (χ2v) is 9.50. The molecule has 1 saturated heterocycles. The van der Waals surface area contributed by atoms with E-state index in [0.29, 0.717) is 11.5 Å². The molecule has 1 saturated carbocycles. The molecule has 166 valence electrons. The molecule has 1 aliphatic heterocycles. The average molecular weight is 437 g/mol. The first-order valence-electron chi connectivity index (χ1n) is 11.4. The number of nitrogens with zero attached hydrogens (tertiary/aromatic N) is 1. The lowest BCUT2D eigenvalue weighted by Crippen LogP contribution is -2.38. The summed E-state index contributed by atoms with van der Waals surface area (Å²) in [6, 6.07) is 4.02. The number of likely N-dealkylation sites (tertiary alicyclic amines) is 1. The van der Waals surface area contributed by atoms with Crippen molar-refractivity contribution >= 4 is 23.3 Å². The van der Waals surface area contributed by atoms with Crippen molar-refractivity contribution in [2.45, 2.75) is 58.3 Å². The van der Waals surface area contributed by atoms with Crippen molar-refractivity contribution < 1.29 is 14.0 Å². The number of carbonyl (C=O) groups is 2. The number of hydrogen-bond acceptors (Lipinski definition) is 3. The maximum atomic E-state index is 13.2. The lowest BCUT2D eigenvalue weighted by molar-refractivity contribution is -0.124. The Bertz CT molecular complexity index is 741. The summed E-state index contributed by atoms with van der Waals surface area (Å²) in [4.78, 5) is 26.8. The van der Waals surface area contributed by atoms with E-state index in [2.05, 4.69) is 11.8 Å². The van der Waals surface area contributed by atoms with Gasteiger partial charge in [-0.1, -0.05) is 31.4 Å². The highest BCUT2D eigenvalue weighted by atomic mass is 35.5. The number of nitrogens with two attached hydrogens (primary N) is 1. The van der Waals surface area contributed by atoms with Gasteiger partial charge in [0.1, 0.15) is 5.82 Å². The predicted octanol–water partition coefficient (Wildman–Crippen LogP) is 5.08. The summed E-state index contributed by atoms with van der Waals surface area (Å²) in [6.45, 7) is 4.97. The number of primary amides is 1.